The van der Waals surface area contributed by atoms with E-state index in [0.717, 1.165) is 34.5 Å². The number of rotatable bonds is 9. The summed E-state index contributed by atoms with van der Waals surface area (Å²) in [6.07, 6.45) is 0.733. The minimum absolute atomic E-state index is 0.0435. The second-order valence-electron chi connectivity index (χ2n) is 11.2. The van der Waals surface area contributed by atoms with Gasteiger partial charge in [-0.05, 0) is 62.3 Å². The molecule has 0 bridgehead atoms. The molecule has 0 aliphatic heterocycles. The van der Waals surface area contributed by atoms with Gasteiger partial charge in [0.2, 0.25) is 0 Å². The molecule has 4 rings (SSSR count). The van der Waals surface area contributed by atoms with Crippen molar-refractivity contribution in [2.45, 2.75) is 66.4 Å². The fourth-order valence-corrected chi connectivity index (χ4v) is 5.91. The summed E-state index contributed by atoms with van der Waals surface area (Å²) in [5, 5.41) is 3.88. The molecule has 4 aromatic rings. The number of methoxy groups -OCH3 is 1. The second-order valence-corrected chi connectivity index (χ2v) is 12.9. The number of aromatic nitrogens is 2. The van der Waals surface area contributed by atoms with Gasteiger partial charge in [0, 0.05) is 22.9 Å². The highest BCUT2D eigenvalue weighted by Gasteiger charge is 2.25. The molecule has 1 N–H and O–H groups in total. The largest absolute Gasteiger partial charge is 0.491 e. The van der Waals surface area contributed by atoms with E-state index >= 15 is 0 Å². The number of ether oxygens (including phenoxy) is 2. The normalized spacial score (nSPS) is 11.9. The molecular weight excluding hydrogens is 526 g/mol. The summed E-state index contributed by atoms with van der Waals surface area (Å²) in [5.41, 5.74) is 5.67. The van der Waals surface area contributed by atoms with E-state index in [2.05, 4.69) is 41.7 Å². The number of sulfonamides is 1. The summed E-state index contributed by atoms with van der Waals surface area (Å²) in [6, 6.07) is 14.9. The van der Waals surface area contributed by atoms with Crippen molar-refractivity contribution in [1.82, 2.24) is 10.1 Å². The first kappa shape index (κ1) is 29.1. The molecular formula is C31H37N3O5S. The molecule has 40 heavy (non-hydrogen) atoms. The Balaban J connectivity index is 1.73. The van der Waals surface area contributed by atoms with Crippen molar-refractivity contribution in [2.24, 2.45) is 5.41 Å². The minimum atomic E-state index is -3.95. The maximum Gasteiger partial charge on any atom is 0.263 e. The minimum Gasteiger partial charge on any atom is -0.491 e. The molecule has 0 saturated carbocycles. The van der Waals surface area contributed by atoms with Gasteiger partial charge in [-0.15, -0.1) is 0 Å². The van der Waals surface area contributed by atoms with Gasteiger partial charge in [0.15, 0.2) is 17.3 Å². The van der Waals surface area contributed by atoms with Crippen molar-refractivity contribution in [3.8, 4) is 22.6 Å². The number of nitrogens with one attached hydrogen (secondary N) is 1. The Morgan fingerprint density at radius 1 is 0.975 bits per heavy atom. The number of pyridine rings is 1. The van der Waals surface area contributed by atoms with Gasteiger partial charge in [0.05, 0.1) is 17.7 Å². The molecule has 2 heterocycles. The van der Waals surface area contributed by atoms with Gasteiger partial charge in [-0.2, -0.15) is 0 Å². The lowest BCUT2D eigenvalue weighted by Crippen LogP contribution is -2.16. The van der Waals surface area contributed by atoms with Crippen LogP contribution in [0.1, 0.15) is 54.6 Å². The number of hydrogen-bond donors (Lipinski definition) is 1. The van der Waals surface area contributed by atoms with Gasteiger partial charge in [0.1, 0.15) is 12.4 Å². The number of aryl methyl sites for hydroxylation is 3. The lowest BCUT2D eigenvalue weighted by molar-refractivity contribution is 0.282. The topological polar surface area (TPSA) is 104 Å². The number of anilines is 1. The molecule has 0 saturated heterocycles. The average Bonchev–Trinajstić information content (AvgIpc) is 3.18. The zero-order valence-electron chi connectivity index (χ0n) is 24.4. The van der Waals surface area contributed by atoms with Gasteiger partial charge in [0.25, 0.3) is 10.0 Å². The zero-order valence-corrected chi connectivity index (χ0v) is 25.2. The maximum absolute atomic E-state index is 13.6. The first-order valence-corrected chi connectivity index (χ1v) is 14.6. The maximum atomic E-state index is 13.6. The van der Waals surface area contributed by atoms with Gasteiger partial charge in [-0.1, -0.05) is 62.3 Å². The lowest BCUT2D eigenvalue weighted by atomic mass is 9.84. The van der Waals surface area contributed by atoms with Crippen LogP contribution in [0.2, 0.25) is 0 Å². The highest BCUT2D eigenvalue weighted by molar-refractivity contribution is 7.92. The Bertz CT molecular complexity index is 1640. The third-order valence-corrected chi connectivity index (χ3v) is 7.98. The Kier molecular flexibility index (Phi) is 8.25. The Labute approximate surface area is 236 Å². The number of hydrogen-bond acceptors (Lipinski definition) is 7. The fourth-order valence-electron chi connectivity index (χ4n) is 4.63. The van der Waals surface area contributed by atoms with Crippen molar-refractivity contribution < 1.29 is 22.4 Å². The van der Waals surface area contributed by atoms with Crippen LogP contribution in [0.5, 0.6) is 11.5 Å². The summed E-state index contributed by atoms with van der Waals surface area (Å²) in [6.45, 7) is 14.1. The monoisotopic (exact) mass is 563 g/mol. The van der Waals surface area contributed by atoms with Crippen molar-refractivity contribution >= 4 is 15.8 Å². The second kappa shape index (κ2) is 11.3. The first-order chi connectivity index (χ1) is 18.8. The van der Waals surface area contributed by atoms with Crippen LogP contribution < -0.4 is 14.2 Å². The van der Waals surface area contributed by atoms with Gasteiger partial charge in [-0.3, -0.25) is 9.71 Å². The Morgan fingerprint density at radius 2 is 1.70 bits per heavy atom. The molecule has 0 atom stereocenters. The summed E-state index contributed by atoms with van der Waals surface area (Å²) in [4.78, 5) is 4.62. The molecule has 0 aliphatic rings. The quantitative estimate of drug-likeness (QED) is 0.235. The fraction of sp³-hybridized carbons (Fsp3) is 0.355. The predicted molar refractivity (Wildman–Crippen MR) is 156 cm³/mol. The lowest BCUT2D eigenvalue weighted by Gasteiger charge is -2.22. The SMILES string of the molecule is COc1c(OCc2ccc(-c3ccccc3S(=O)(=O)Nc3noc(C)c3C)c(CC(C)(C)C)c2)cc(C)nc1C. The third-order valence-electron chi connectivity index (χ3n) is 6.58. The van der Waals surface area contributed by atoms with Gasteiger partial charge >= 0.3 is 0 Å². The summed E-state index contributed by atoms with van der Waals surface area (Å²) in [7, 11) is -2.35. The number of benzene rings is 2. The van der Waals surface area contributed by atoms with E-state index in [0.29, 0.717) is 35.0 Å². The Morgan fingerprint density at radius 3 is 2.35 bits per heavy atom. The van der Waals surface area contributed by atoms with Gasteiger partial charge in [-0.25, -0.2) is 8.42 Å². The molecule has 9 heteroatoms. The van der Waals surface area contributed by atoms with Crippen molar-refractivity contribution in [3.63, 3.8) is 0 Å². The molecule has 0 radical (unpaired) electrons. The highest BCUT2D eigenvalue weighted by Crippen LogP contribution is 2.36. The molecule has 2 aromatic carbocycles. The van der Waals surface area contributed by atoms with Crippen molar-refractivity contribution in [1.29, 1.82) is 0 Å². The molecule has 2 aromatic heterocycles. The van der Waals surface area contributed by atoms with Crippen molar-refractivity contribution in [2.75, 3.05) is 11.8 Å². The van der Waals surface area contributed by atoms with E-state index in [1.54, 1.807) is 33.1 Å². The predicted octanol–water partition coefficient (Wildman–Crippen LogP) is 6.95. The molecule has 0 amide bonds. The van der Waals surface area contributed by atoms with Crippen LogP contribution in [-0.4, -0.2) is 25.7 Å². The van der Waals surface area contributed by atoms with E-state index in [1.165, 1.54) is 0 Å². The molecule has 212 valence electrons. The summed E-state index contributed by atoms with van der Waals surface area (Å²) < 4.78 is 46.6. The van der Waals surface area contributed by atoms with Gasteiger partial charge < -0.3 is 14.0 Å². The third kappa shape index (κ3) is 6.47. The van der Waals surface area contributed by atoms with Crippen molar-refractivity contribution in [3.05, 3.63) is 82.4 Å². The van der Waals surface area contributed by atoms with E-state index in [4.69, 9.17) is 14.0 Å². The van der Waals surface area contributed by atoms with E-state index < -0.39 is 10.0 Å². The van der Waals surface area contributed by atoms with Crippen LogP contribution in [0.25, 0.3) is 11.1 Å². The molecule has 0 spiro atoms. The van der Waals surface area contributed by atoms with E-state index in [1.807, 2.05) is 44.2 Å². The van der Waals surface area contributed by atoms with Crippen LogP contribution in [0.15, 0.2) is 57.9 Å². The summed E-state index contributed by atoms with van der Waals surface area (Å²) in [5.74, 6) is 1.99. The smallest absolute Gasteiger partial charge is 0.263 e. The van der Waals surface area contributed by atoms with Crippen LogP contribution in [-0.2, 0) is 23.1 Å². The molecule has 0 aliphatic carbocycles. The summed E-state index contributed by atoms with van der Waals surface area (Å²) >= 11 is 0. The first-order valence-electron chi connectivity index (χ1n) is 13.1. The number of nitrogens with zero attached hydrogens (tertiary/aromatic N) is 2. The molecule has 8 nitrogen and oxygen atoms in total. The standard InChI is InChI=1S/C31H37N3O5S/c1-19-15-27(29(37-8)21(3)32-19)38-18-23-13-14-25(24(16-23)17-31(5,6)7)26-11-9-10-12-28(26)40(35,36)34-30-20(2)22(4)39-33-30/h9-16H,17-18H2,1-8H3,(H,33,34). The highest BCUT2D eigenvalue weighted by atomic mass is 32.2. The van der Waals surface area contributed by atoms with Crippen LogP contribution in [0.3, 0.4) is 0 Å². The van der Waals surface area contributed by atoms with Crippen LogP contribution >= 0.6 is 0 Å². The van der Waals surface area contributed by atoms with Crippen LogP contribution in [0, 0.1) is 33.1 Å². The van der Waals surface area contributed by atoms with E-state index in [9.17, 15) is 8.42 Å². The van der Waals surface area contributed by atoms with E-state index in [-0.39, 0.29) is 16.1 Å². The molecule has 0 fully saturated rings. The average molecular weight is 564 g/mol. The van der Waals surface area contributed by atoms with Crippen LogP contribution in [0.4, 0.5) is 5.82 Å². The zero-order chi connectivity index (χ0) is 29.2. The Hall–Kier alpha value is -3.85. The molecule has 0 unspecified atom stereocenters.